The molecular weight excluding hydrogens is 214 g/mol. The van der Waals surface area contributed by atoms with Gasteiger partial charge in [0.1, 0.15) is 0 Å². The quantitative estimate of drug-likeness (QED) is 0.873. The van der Waals surface area contributed by atoms with E-state index in [-0.39, 0.29) is 0 Å². The molecule has 0 saturated carbocycles. The summed E-state index contributed by atoms with van der Waals surface area (Å²) in [5, 5.41) is 0. The average Bonchev–Trinajstić information content (AvgIpc) is 2.66. The predicted molar refractivity (Wildman–Crippen MR) is 67.9 cm³/mol. The van der Waals surface area contributed by atoms with Crippen LogP contribution >= 0.6 is 0 Å². The second-order valence-electron chi connectivity index (χ2n) is 4.76. The number of benzene rings is 1. The number of hydrogen-bond donors (Lipinski definition) is 1. The van der Waals surface area contributed by atoms with E-state index >= 15 is 0 Å². The highest BCUT2D eigenvalue weighted by molar-refractivity contribution is 5.40. The lowest BCUT2D eigenvalue weighted by Crippen LogP contribution is -2.32. The Labute approximate surface area is 103 Å². The second-order valence-corrected chi connectivity index (χ2v) is 4.76. The van der Waals surface area contributed by atoms with Crippen molar-refractivity contribution in [3.63, 3.8) is 0 Å². The molecule has 0 atom stereocenters. The van der Waals surface area contributed by atoms with Crippen LogP contribution in [0.5, 0.6) is 0 Å². The molecule has 1 aromatic rings. The molecule has 0 unspecified atom stereocenters. The molecule has 1 aliphatic rings. The number of rotatable bonds is 3. The molecule has 1 fully saturated rings. The maximum atomic E-state index is 5.87. The Hall–Kier alpha value is -0.900. The number of hydrogen-bond acceptors (Lipinski definition) is 3. The Bertz CT molecular complexity index is 386. The summed E-state index contributed by atoms with van der Waals surface area (Å²) >= 11 is 0. The van der Waals surface area contributed by atoms with Gasteiger partial charge in [0.15, 0.2) is 5.79 Å². The van der Waals surface area contributed by atoms with E-state index < -0.39 is 5.79 Å². The predicted octanol–water partition coefficient (Wildman–Crippen LogP) is 2.16. The molecule has 0 aromatic heterocycles. The lowest BCUT2D eigenvalue weighted by atomic mass is 9.91. The van der Waals surface area contributed by atoms with Crippen LogP contribution in [0.25, 0.3) is 0 Å². The largest absolute Gasteiger partial charge is 0.343 e. The summed E-state index contributed by atoms with van der Waals surface area (Å²) in [5.74, 6) is -0.614. The number of ether oxygens (including phenoxy) is 2. The van der Waals surface area contributed by atoms with Gasteiger partial charge in [-0.3, -0.25) is 0 Å². The summed E-state index contributed by atoms with van der Waals surface area (Å²) in [4.78, 5) is 0. The Balaban J connectivity index is 2.50. The summed E-state index contributed by atoms with van der Waals surface area (Å²) in [5.41, 5.74) is 10.6. The van der Waals surface area contributed by atoms with Gasteiger partial charge in [-0.2, -0.15) is 0 Å². The molecule has 1 aromatic carbocycles. The summed E-state index contributed by atoms with van der Waals surface area (Å²) in [6.07, 6.45) is 0.706. The van der Waals surface area contributed by atoms with Crippen LogP contribution in [0.2, 0.25) is 0 Å². The SMILES string of the molecule is Cc1cc(C)c(C2(CCN)OCCO2)c(C)c1. The normalized spacial score (nSPS) is 18.6. The Morgan fingerprint density at radius 2 is 1.65 bits per heavy atom. The monoisotopic (exact) mass is 235 g/mol. The molecule has 1 aliphatic heterocycles. The molecule has 3 heteroatoms. The minimum atomic E-state index is -0.614. The van der Waals surface area contributed by atoms with Crippen LogP contribution in [0.4, 0.5) is 0 Å². The lowest BCUT2D eigenvalue weighted by Gasteiger charge is -2.30. The van der Waals surface area contributed by atoms with Crippen molar-refractivity contribution >= 4 is 0 Å². The highest BCUT2D eigenvalue weighted by atomic mass is 16.7. The zero-order valence-corrected chi connectivity index (χ0v) is 10.9. The fourth-order valence-electron chi connectivity index (χ4n) is 2.84. The van der Waals surface area contributed by atoms with Gasteiger partial charge in [-0.05, 0) is 38.4 Å². The van der Waals surface area contributed by atoms with Crippen LogP contribution in [0, 0.1) is 20.8 Å². The van der Waals surface area contributed by atoms with Crippen molar-refractivity contribution in [3.8, 4) is 0 Å². The molecule has 0 aliphatic carbocycles. The van der Waals surface area contributed by atoms with Crippen molar-refractivity contribution in [1.29, 1.82) is 0 Å². The molecule has 0 spiro atoms. The first kappa shape index (κ1) is 12.6. The van der Waals surface area contributed by atoms with E-state index in [1.807, 2.05) is 0 Å². The van der Waals surface area contributed by atoms with Crippen LogP contribution in [-0.4, -0.2) is 19.8 Å². The summed E-state index contributed by atoms with van der Waals surface area (Å²) in [6, 6.07) is 4.34. The van der Waals surface area contributed by atoms with E-state index in [9.17, 15) is 0 Å². The van der Waals surface area contributed by atoms with E-state index in [2.05, 4.69) is 32.9 Å². The first-order valence-corrected chi connectivity index (χ1v) is 6.15. The minimum absolute atomic E-state index is 0.562. The van der Waals surface area contributed by atoms with E-state index in [1.165, 1.54) is 16.7 Å². The van der Waals surface area contributed by atoms with Gasteiger partial charge in [0.2, 0.25) is 0 Å². The summed E-state index contributed by atoms with van der Waals surface area (Å²) in [6.45, 7) is 8.18. The maximum absolute atomic E-state index is 5.87. The Morgan fingerprint density at radius 3 is 2.12 bits per heavy atom. The van der Waals surface area contributed by atoms with Crippen LogP contribution in [-0.2, 0) is 15.3 Å². The van der Waals surface area contributed by atoms with Crippen LogP contribution < -0.4 is 5.73 Å². The third-order valence-corrected chi connectivity index (χ3v) is 3.29. The Morgan fingerprint density at radius 1 is 1.12 bits per heavy atom. The smallest absolute Gasteiger partial charge is 0.196 e. The van der Waals surface area contributed by atoms with Gasteiger partial charge in [-0.15, -0.1) is 0 Å². The molecule has 17 heavy (non-hydrogen) atoms. The van der Waals surface area contributed by atoms with E-state index in [0.29, 0.717) is 26.2 Å². The van der Waals surface area contributed by atoms with Crippen LogP contribution in [0.1, 0.15) is 28.7 Å². The molecule has 1 saturated heterocycles. The van der Waals surface area contributed by atoms with Gasteiger partial charge in [0.05, 0.1) is 13.2 Å². The minimum Gasteiger partial charge on any atom is -0.343 e. The van der Waals surface area contributed by atoms with E-state index in [4.69, 9.17) is 15.2 Å². The molecular formula is C14H21NO2. The van der Waals surface area contributed by atoms with Crippen LogP contribution in [0.3, 0.4) is 0 Å². The molecule has 1 heterocycles. The number of aryl methyl sites for hydroxylation is 3. The molecule has 0 bridgehead atoms. The fourth-order valence-corrected chi connectivity index (χ4v) is 2.84. The zero-order chi connectivity index (χ0) is 12.5. The fraction of sp³-hybridized carbons (Fsp3) is 0.571. The third-order valence-electron chi connectivity index (χ3n) is 3.29. The Kier molecular flexibility index (Phi) is 3.52. The van der Waals surface area contributed by atoms with Gasteiger partial charge in [-0.1, -0.05) is 17.7 Å². The van der Waals surface area contributed by atoms with Crippen molar-refractivity contribution in [3.05, 3.63) is 34.4 Å². The molecule has 94 valence electrons. The molecule has 0 amide bonds. The van der Waals surface area contributed by atoms with Gasteiger partial charge in [-0.25, -0.2) is 0 Å². The molecule has 2 N–H and O–H groups in total. The molecule has 2 rings (SSSR count). The van der Waals surface area contributed by atoms with Crippen molar-refractivity contribution in [2.75, 3.05) is 19.8 Å². The zero-order valence-electron chi connectivity index (χ0n) is 10.9. The third kappa shape index (κ3) is 2.23. The topological polar surface area (TPSA) is 44.5 Å². The molecule has 3 nitrogen and oxygen atoms in total. The lowest BCUT2D eigenvalue weighted by molar-refractivity contribution is -0.169. The highest BCUT2D eigenvalue weighted by Crippen LogP contribution is 2.38. The first-order chi connectivity index (χ1) is 8.09. The second kappa shape index (κ2) is 4.77. The maximum Gasteiger partial charge on any atom is 0.196 e. The van der Waals surface area contributed by atoms with E-state index in [1.54, 1.807) is 0 Å². The van der Waals surface area contributed by atoms with Crippen LogP contribution in [0.15, 0.2) is 12.1 Å². The van der Waals surface area contributed by atoms with Gasteiger partial charge in [0, 0.05) is 12.0 Å². The summed E-state index contributed by atoms with van der Waals surface area (Å²) in [7, 11) is 0. The number of nitrogens with two attached hydrogens (primary N) is 1. The molecule has 0 radical (unpaired) electrons. The van der Waals surface area contributed by atoms with E-state index in [0.717, 1.165) is 5.56 Å². The summed E-state index contributed by atoms with van der Waals surface area (Å²) < 4.78 is 11.7. The van der Waals surface area contributed by atoms with Gasteiger partial charge >= 0.3 is 0 Å². The van der Waals surface area contributed by atoms with Gasteiger partial charge < -0.3 is 15.2 Å². The highest BCUT2D eigenvalue weighted by Gasteiger charge is 2.39. The van der Waals surface area contributed by atoms with Crippen molar-refractivity contribution in [2.24, 2.45) is 5.73 Å². The van der Waals surface area contributed by atoms with Crippen molar-refractivity contribution in [1.82, 2.24) is 0 Å². The van der Waals surface area contributed by atoms with Gasteiger partial charge in [0.25, 0.3) is 0 Å². The van der Waals surface area contributed by atoms with Crippen molar-refractivity contribution < 1.29 is 9.47 Å². The first-order valence-electron chi connectivity index (χ1n) is 6.15. The average molecular weight is 235 g/mol. The van der Waals surface area contributed by atoms with Crippen molar-refractivity contribution in [2.45, 2.75) is 33.0 Å². The standard InChI is InChI=1S/C14H21NO2/c1-10-8-11(2)13(12(3)9-10)14(4-5-15)16-6-7-17-14/h8-9H,4-7,15H2,1-3H3.